The van der Waals surface area contributed by atoms with E-state index in [1.807, 2.05) is 6.08 Å². The molecular weight excluding hydrogens is 707 g/mol. The summed E-state index contributed by atoms with van der Waals surface area (Å²) in [5, 5.41) is 54.2. The SMILES string of the molecule is CCCCCCCCCCC/C=C/CC/C=C/[C@@H](O)[C@H](CO[C@H]1O[C@@H](CO)[C@H](O)C(O)C1O)NC(=O)CCCCCCCCCCCCCCCCCCCC. The standard InChI is InChI=1S/C47H89NO8/c1-3-5-7-9-11-13-15-17-19-20-21-23-25-27-29-31-33-35-37-43(51)48-40(39-55-47-46(54)45(53)44(52)42(38-49)56-47)41(50)36-34-32-30-28-26-24-22-18-16-14-12-10-8-6-4-2/h26,28,34,36,40-42,44-47,49-50,52-54H,3-25,27,29-33,35,37-39H2,1-2H3,(H,48,51)/b28-26+,36-34+/t40-,41+,42-,44-,45?,46?,47-/m0/s1. The lowest BCUT2D eigenvalue weighted by atomic mass is 9.99. The molecule has 0 aromatic carbocycles. The van der Waals surface area contributed by atoms with E-state index in [1.54, 1.807) is 6.08 Å². The molecular formula is C47H89NO8. The van der Waals surface area contributed by atoms with Gasteiger partial charge in [-0.3, -0.25) is 4.79 Å². The van der Waals surface area contributed by atoms with Crippen LogP contribution >= 0.6 is 0 Å². The Kier molecular flexibility index (Phi) is 35.7. The summed E-state index contributed by atoms with van der Waals surface area (Å²) in [5.74, 6) is -0.184. The minimum atomic E-state index is -1.57. The Morgan fingerprint density at radius 1 is 0.589 bits per heavy atom. The molecule has 0 spiro atoms. The molecule has 2 unspecified atom stereocenters. The Balaban J connectivity index is 2.35. The Bertz CT molecular complexity index is 930. The highest BCUT2D eigenvalue weighted by molar-refractivity contribution is 5.76. The largest absolute Gasteiger partial charge is 0.394 e. The summed E-state index contributed by atoms with van der Waals surface area (Å²) in [4.78, 5) is 13.0. The molecule has 1 aliphatic rings. The van der Waals surface area contributed by atoms with Crippen LogP contribution in [0.25, 0.3) is 0 Å². The fraction of sp³-hybridized carbons (Fsp3) is 0.894. The van der Waals surface area contributed by atoms with Gasteiger partial charge in [-0.15, -0.1) is 0 Å². The van der Waals surface area contributed by atoms with E-state index in [0.717, 1.165) is 38.5 Å². The van der Waals surface area contributed by atoms with Crippen LogP contribution in [0.15, 0.2) is 24.3 Å². The second kappa shape index (κ2) is 37.9. The van der Waals surface area contributed by atoms with Crippen molar-refractivity contribution in [2.45, 2.75) is 256 Å². The molecule has 1 rings (SSSR count). The second-order valence-corrected chi connectivity index (χ2v) is 16.5. The van der Waals surface area contributed by atoms with Gasteiger partial charge in [-0.1, -0.05) is 199 Å². The summed E-state index contributed by atoms with van der Waals surface area (Å²) in [7, 11) is 0. The topological polar surface area (TPSA) is 149 Å². The molecule has 0 bridgehead atoms. The number of carbonyl (C=O) groups excluding carboxylic acids is 1. The van der Waals surface area contributed by atoms with Crippen LogP contribution in [0.2, 0.25) is 0 Å². The zero-order valence-corrected chi connectivity index (χ0v) is 36.1. The molecule has 330 valence electrons. The van der Waals surface area contributed by atoms with Crippen LogP contribution in [0.1, 0.15) is 213 Å². The molecule has 0 aromatic rings. The molecule has 1 saturated heterocycles. The number of ether oxygens (including phenoxy) is 2. The minimum absolute atomic E-state index is 0.184. The number of hydrogen-bond donors (Lipinski definition) is 6. The van der Waals surface area contributed by atoms with Gasteiger partial charge in [0.05, 0.1) is 25.4 Å². The minimum Gasteiger partial charge on any atom is -0.394 e. The third-order valence-corrected chi connectivity index (χ3v) is 11.3. The first kappa shape index (κ1) is 52.7. The number of allylic oxidation sites excluding steroid dienone is 3. The van der Waals surface area contributed by atoms with Crippen molar-refractivity contribution in [3.63, 3.8) is 0 Å². The number of aliphatic hydroxyl groups is 5. The number of rotatable bonds is 39. The van der Waals surface area contributed by atoms with Crippen LogP contribution in [0.3, 0.4) is 0 Å². The van der Waals surface area contributed by atoms with Crippen molar-refractivity contribution in [3.05, 3.63) is 24.3 Å². The van der Waals surface area contributed by atoms with E-state index in [0.29, 0.717) is 6.42 Å². The van der Waals surface area contributed by atoms with Crippen molar-refractivity contribution < 1.29 is 39.8 Å². The number of nitrogens with one attached hydrogen (secondary N) is 1. The summed E-state index contributed by atoms with van der Waals surface area (Å²) >= 11 is 0. The zero-order valence-electron chi connectivity index (χ0n) is 36.1. The fourth-order valence-corrected chi connectivity index (χ4v) is 7.47. The van der Waals surface area contributed by atoms with Gasteiger partial charge in [0.2, 0.25) is 5.91 Å². The zero-order chi connectivity index (χ0) is 40.9. The molecule has 9 heteroatoms. The summed E-state index contributed by atoms with van der Waals surface area (Å²) in [6.45, 7) is 3.76. The van der Waals surface area contributed by atoms with Crippen molar-refractivity contribution >= 4 is 5.91 Å². The molecule has 1 fully saturated rings. The summed E-state index contributed by atoms with van der Waals surface area (Å²) in [5.41, 5.74) is 0. The maximum Gasteiger partial charge on any atom is 0.220 e. The van der Waals surface area contributed by atoms with Crippen LogP contribution in [0.5, 0.6) is 0 Å². The Labute approximate surface area is 343 Å². The molecule has 1 aliphatic heterocycles. The number of amides is 1. The molecule has 0 aliphatic carbocycles. The quantitative estimate of drug-likeness (QED) is 0.0266. The van der Waals surface area contributed by atoms with Crippen molar-refractivity contribution in [1.29, 1.82) is 0 Å². The van der Waals surface area contributed by atoms with Gasteiger partial charge in [-0.2, -0.15) is 0 Å². The second-order valence-electron chi connectivity index (χ2n) is 16.5. The van der Waals surface area contributed by atoms with E-state index >= 15 is 0 Å². The molecule has 9 nitrogen and oxygen atoms in total. The first-order valence-electron chi connectivity index (χ1n) is 23.6. The first-order chi connectivity index (χ1) is 27.3. The van der Waals surface area contributed by atoms with Crippen molar-refractivity contribution in [2.24, 2.45) is 0 Å². The number of unbranched alkanes of at least 4 members (excludes halogenated alkanes) is 27. The Morgan fingerprint density at radius 3 is 1.50 bits per heavy atom. The highest BCUT2D eigenvalue weighted by Gasteiger charge is 2.44. The molecule has 0 saturated carbocycles. The predicted molar refractivity (Wildman–Crippen MR) is 230 cm³/mol. The third kappa shape index (κ3) is 28.2. The maximum absolute atomic E-state index is 13.0. The normalized spacial score (nSPS) is 21.3. The van der Waals surface area contributed by atoms with Crippen molar-refractivity contribution in [1.82, 2.24) is 5.32 Å². The van der Waals surface area contributed by atoms with Gasteiger partial charge in [-0.05, 0) is 32.1 Å². The average molecular weight is 796 g/mol. The molecule has 0 aromatic heterocycles. The first-order valence-corrected chi connectivity index (χ1v) is 23.6. The highest BCUT2D eigenvalue weighted by atomic mass is 16.7. The molecule has 7 atom stereocenters. The van der Waals surface area contributed by atoms with Gasteiger partial charge in [0, 0.05) is 6.42 Å². The molecule has 1 heterocycles. The highest BCUT2D eigenvalue weighted by Crippen LogP contribution is 2.23. The lowest BCUT2D eigenvalue weighted by Crippen LogP contribution is -2.60. The number of hydrogen-bond acceptors (Lipinski definition) is 8. The van der Waals surface area contributed by atoms with E-state index in [-0.39, 0.29) is 12.5 Å². The van der Waals surface area contributed by atoms with E-state index in [4.69, 9.17) is 9.47 Å². The lowest BCUT2D eigenvalue weighted by molar-refractivity contribution is -0.302. The lowest BCUT2D eigenvalue weighted by Gasteiger charge is -2.40. The summed E-state index contributed by atoms with van der Waals surface area (Å²) in [6, 6.07) is -0.816. The van der Waals surface area contributed by atoms with Gasteiger partial charge in [-0.25, -0.2) is 0 Å². The predicted octanol–water partition coefficient (Wildman–Crippen LogP) is 9.89. The van der Waals surface area contributed by atoms with Gasteiger partial charge >= 0.3 is 0 Å². The van der Waals surface area contributed by atoms with Crippen LogP contribution in [-0.4, -0.2) is 87.5 Å². The average Bonchev–Trinajstić information content (AvgIpc) is 3.20. The number of carbonyl (C=O) groups is 1. The van der Waals surface area contributed by atoms with Crippen molar-refractivity contribution in [2.75, 3.05) is 13.2 Å². The molecule has 0 radical (unpaired) electrons. The number of aliphatic hydroxyl groups excluding tert-OH is 5. The van der Waals surface area contributed by atoms with Gasteiger partial charge in [0.1, 0.15) is 24.4 Å². The van der Waals surface area contributed by atoms with E-state index in [1.165, 1.54) is 154 Å². The Morgan fingerprint density at radius 2 is 1.02 bits per heavy atom. The van der Waals surface area contributed by atoms with Crippen LogP contribution < -0.4 is 5.32 Å². The maximum atomic E-state index is 13.0. The van der Waals surface area contributed by atoms with Crippen molar-refractivity contribution in [3.8, 4) is 0 Å². The van der Waals surface area contributed by atoms with Crippen LogP contribution in [0, 0.1) is 0 Å². The van der Waals surface area contributed by atoms with Gasteiger partial charge in [0.25, 0.3) is 0 Å². The van der Waals surface area contributed by atoms with E-state index in [2.05, 4.69) is 31.3 Å². The molecule has 56 heavy (non-hydrogen) atoms. The van der Waals surface area contributed by atoms with E-state index in [9.17, 15) is 30.3 Å². The van der Waals surface area contributed by atoms with Crippen LogP contribution in [-0.2, 0) is 14.3 Å². The summed E-state index contributed by atoms with van der Waals surface area (Å²) < 4.78 is 11.2. The smallest absolute Gasteiger partial charge is 0.220 e. The summed E-state index contributed by atoms with van der Waals surface area (Å²) in [6.07, 6.45) is 37.9. The van der Waals surface area contributed by atoms with Gasteiger partial charge in [0.15, 0.2) is 6.29 Å². The monoisotopic (exact) mass is 796 g/mol. The fourth-order valence-electron chi connectivity index (χ4n) is 7.47. The van der Waals surface area contributed by atoms with Gasteiger partial charge < -0.3 is 40.3 Å². The van der Waals surface area contributed by atoms with E-state index < -0.39 is 49.5 Å². The van der Waals surface area contributed by atoms with Crippen LogP contribution in [0.4, 0.5) is 0 Å². The molecule has 6 N–H and O–H groups in total. The molecule has 1 amide bonds. The third-order valence-electron chi connectivity index (χ3n) is 11.3. The Hall–Kier alpha value is -1.33.